The fourth-order valence-electron chi connectivity index (χ4n) is 2.45. The van der Waals surface area contributed by atoms with Crippen LogP contribution in [0.2, 0.25) is 0 Å². The zero-order valence-corrected chi connectivity index (χ0v) is 12.1. The highest BCUT2D eigenvalue weighted by molar-refractivity contribution is 5.40. The van der Waals surface area contributed by atoms with Crippen LogP contribution in [0.5, 0.6) is 0 Å². The number of hydrogen-bond acceptors (Lipinski definition) is 6. The first-order valence-electron chi connectivity index (χ1n) is 6.90. The molecule has 0 aliphatic carbocycles. The molecule has 0 spiro atoms. The van der Waals surface area contributed by atoms with Crippen LogP contribution in [-0.2, 0) is 0 Å². The lowest BCUT2D eigenvalue weighted by Crippen LogP contribution is -2.22. The van der Waals surface area contributed by atoms with Crippen LogP contribution >= 0.6 is 0 Å². The molecule has 2 aromatic rings. The van der Waals surface area contributed by atoms with Gasteiger partial charge in [0.2, 0.25) is 11.9 Å². The monoisotopic (exact) mass is 273 g/mol. The standard InChI is InChI=1S/C13H19N7/c1-9-8-10(2)20(18-9)13-16-11(14-3)15-12(17-13)19-6-4-5-7-19/h8H,4-7H2,1-3H3,(H,14,15,16,17). The van der Waals surface area contributed by atoms with Crippen LogP contribution < -0.4 is 10.2 Å². The van der Waals surface area contributed by atoms with Gasteiger partial charge in [0.15, 0.2) is 0 Å². The van der Waals surface area contributed by atoms with Crippen molar-refractivity contribution in [3.63, 3.8) is 0 Å². The lowest BCUT2D eigenvalue weighted by Gasteiger charge is -2.16. The number of aromatic nitrogens is 5. The Morgan fingerprint density at radius 3 is 2.35 bits per heavy atom. The van der Waals surface area contributed by atoms with Gasteiger partial charge in [-0.2, -0.15) is 20.1 Å². The normalized spacial score (nSPS) is 14.8. The molecule has 3 rings (SSSR count). The van der Waals surface area contributed by atoms with Crippen molar-refractivity contribution in [2.24, 2.45) is 0 Å². The van der Waals surface area contributed by atoms with Gasteiger partial charge in [0.05, 0.1) is 5.69 Å². The SMILES string of the molecule is CNc1nc(N2CCCC2)nc(-n2nc(C)cc2C)n1. The molecule has 2 aromatic heterocycles. The highest BCUT2D eigenvalue weighted by Crippen LogP contribution is 2.18. The first kappa shape index (κ1) is 12.8. The average molecular weight is 273 g/mol. The molecule has 0 bridgehead atoms. The topological polar surface area (TPSA) is 71.8 Å². The number of anilines is 2. The van der Waals surface area contributed by atoms with E-state index in [0.717, 1.165) is 30.4 Å². The fourth-order valence-corrected chi connectivity index (χ4v) is 2.45. The Hall–Kier alpha value is -2.18. The third kappa shape index (κ3) is 2.31. The first-order chi connectivity index (χ1) is 9.67. The van der Waals surface area contributed by atoms with Gasteiger partial charge in [-0.3, -0.25) is 0 Å². The maximum absolute atomic E-state index is 4.57. The average Bonchev–Trinajstić information content (AvgIpc) is 3.08. The van der Waals surface area contributed by atoms with Crippen LogP contribution in [0.4, 0.5) is 11.9 Å². The highest BCUT2D eigenvalue weighted by Gasteiger charge is 2.18. The molecule has 0 amide bonds. The number of nitrogens with zero attached hydrogens (tertiary/aromatic N) is 6. The molecule has 0 aromatic carbocycles. The van der Waals surface area contributed by atoms with Gasteiger partial charge in [0.1, 0.15) is 0 Å². The summed E-state index contributed by atoms with van der Waals surface area (Å²) in [5.74, 6) is 1.87. The Labute approximate surface area is 118 Å². The number of rotatable bonds is 3. The zero-order chi connectivity index (χ0) is 14.1. The Morgan fingerprint density at radius 2 is 1.75 bits per heavy atom. The van der Waals surface area contributed by atoms with E-state index in [1.54, 1.807) is 4.68 Å². The summed E-state index contributed by atoms with van der Waals surface area (Å²) in [5.41, 5.74) is 1.97. The van der Waals surface area contributed by atoms with Crippen molar-refractivity contribution in [3.05, 3.63) is 17.5 Å². The number of hydrogen-bond donors (Lipinski definition) is 1. The summed E-state index contributed by atoms with van der Waals surface area (Å²) < 4.78 is 1.76. The molecule has 1 aliphatic heterocycles. The van der Waals surface area contributed by atoms with E-state index in [4.69, 9.17) is 0 Å². The third-order valence-corrected chi connectivity index (χ3v) is 3.42. The zero-order valence-electron chi connectivity index (χ0n) is 12.1. The number of aryl methyl sites for hydroxylation is 2. The lowest BCUT2D eigenvalue weighted by atomic mass is 10.4. The van der Waals surface area contributed by atoms with Crippen molar-refractivity contribution in [3.8, 4) is 5.95 Å². The minimum atomic E-state index is 0.567. The van der Waals surface area contributed by atoms with E-state index >= 15 is 0 Å². The van der Waals surface area contributed by atoms with E-state index < -0.39 is 0 Å². The molecule has 1 saturated heterocycles. The Balaban J connectivity index is 2.05. The first-order valence-corrected chi connectivity index (χ1v) is 6.90. The van der Waals surface area contributed by atoms with E-state index in [1.165, 1.54) is 12.8 Å². The molecule has 0 saturated carbocycles. The molecule has 106 valence electrons. The summed E-state index contributed by atoms with van der Waals surface area (Å²) in [4.78, 5) is 15.6. The molecule has 7 nitrogen and oxygen atoms in total. The van der Waals surface area contributed by atoms with Crippen molar-refractivity contribution in [2.75, 3.05) is 30.4 Å². The second kappa shape index (κ2) is 5.07. The number of nitrogens with one attached hydrogen (secondary N) is 1. The van der Waals surface area contributed by atoms with E-state index in [2.05, 4.69) is 30.3 Å². The summed E-state index contributed by atoms with van der Waals surface area (Å²) >= 11 is 0. The summed E-state index contributed by atoms with van der Waals surface area (Å²) in [7, 11) is 1.81. The van der Waals surface area contributed by atoms with Gasteiger partial charge < -0.3 is 10.2 Å². The van der Waals surface area contributed by atoms with Gasteiger partial charge in [-0.1, -0.05) is 0 Å². The van der Waals surface area contributed by atoms with Crippen LogP contribution in [-0.4, -0.2) is 44.9 Å². The molecule has 0 atom stereocenters. The molecule has 1 aliphatic rings. The van der Waals surface area contributed by atoms with Crippen LogP contribution in [0.1, 0.15) is 24.2 Å². The summed E-state index contributed by atoms with van der Waals surface area (Å²) in [5, 5.41) is 7.44. The quantitative estimate of drug-likeness (QED) is 0.909. The van der Waals surface area contributed by atoms with Crippen LogP contribution in [0.3, 0.4) is 0 Å². The largest absolute Gasteiger partial charge is 0.357 e. The fraction of sp³-hybridized carbons (Fsp3) is 0.538. The van der Waals surface area contributed by atoms with Gasteiger partial charge in [-0.05, 0) is 32.8 Å². The lowest BCUT2D eigenvalue weighted by molar-refractivity contribution is 0.755. The predicted octanol–water partition coefficient (Wildman–Crippen LogP) is 1.32. The maximum Gasteiger partial charge on any atom is 0.257 e. The van der Waals surface area contributed by atoms with E-state index in [-0.39, 0.29) is 0 Å². The molecule has 20 heavy (non-hydrogen) atoms. The van der Waals surface area contributed by atoms with Crippen molar-refractivity contribution < 1.29 is 0 Å². The molecule has 7 heteroatoms. The smallest absolute Gasteiger partial charge is 0.257 e. The van der Waals surface area contributed by atoms with Gasteiger partial charge in [0.25, 0.3) is 5.95 Å². The Bertz CT molecular complexity index is 613. The van der Waals surface area contributed by atoms with Crippen LogP contribution in [0.15, 0.2) is 6.07 Å². The third-order valence-electron chi connectivity index (χ3n) is 3.42. The van der Waals surface area contributed by atoms with E-state index in [0.29, 0.717) is 11.9 Å². The van der Waals surface area contributed by atoms with E-state index in [1.807, 2.05) is 27.0 Å². The van der Waals surface area contributed by atoms with E-state index in [9.17, 15) is 0 Å². The molecule has 1 fully saturated rings. The van der Waals surface area contributed by atoms with Gasteiger partial charge in [0, 0.05) is 25.8 Å². The van der Waals surface area contributed by atoms with Crippen LogP contribution in [0, 0.1) is 13.8 Å². The Kier molecular flexibility index (Phi) is 3.25. The van der Waals surface area contributed by atoms with Gasteiger partial charge in [-0.25, -0.2) is 4.68 Å². The van der Waals surface area contributed by atoms with Crippen LogP contribution in [0.25, 0.3) is 5.95 Å². The maximum atomic E-state index is 4.57. The molecular weight excluding hydrogens is 254 g/mol. The second-order valence-electron chi connectivity index (χ2n) is 5.04. The van der Waals surface area contributed by atoms with Gasteiger partial charge in [-0.15, -0.1) is 0 Å². The molecule has 3 heterocycles. The van der Waals surface area contributed by atoms with Crippen molar-refractivity contribution in [1.82, 2.24) is 24.7 Å². The van der Waals surface area contributed by atoms with Crippen molar-refractivity contribution >= 4 is 11.9 Å². The summed E-state index contributed by atoms with van der Waals surface area (Å²) in [6.45, 7) is 5.97. The predicted molar refractivity (Wildman–Crippen MR) is 77.4 cm³/mol. The second-order valence-corrected chi connectivity index (χ2v) is 5.04. The molecule has 0 unspecified atom stereocenters. The molecular formula is C13H19N7. The van der Waals surface area contributed by atoms with Gasteiger partial charge >= 0.3 is 0 Å². The molecule has 0 radical (unpaired) electrons. The van der Waals surface area contributed by atoms with Crippen molar-refractivity contribution in [2.45, 2.75) is 26.7 Å². The molecule has 1 N–H and O–H groups in total. The highest BCUT2D eigenvalue weighted by atomic mass is 15.4. The Morgan fingerprint density at radius 1 is 1.05 bits per heavy atom. The summed E-state index contributed by atoms with van der Waals surface area (Å²) in [6, 6.07) is 2.01. The van der Waals surface area contributed by atoms with Crippen molar-refractivity contribution in [1.29, 1.82) is 0 Å². The summed E-state index contributed by atoms with van der Waals surface area (Å²) in [6.07, 6.45) is 2.38. The minimum Gasteiger partial charge on any atom is -0.357 e. The minimum absolute atomic E-state index is 0.567.